The van der Waals surface area contributed by atoms with Crippen LogP contribution in [0.2, 0.25) is 0 Å². The second-order valence-corrected chi connectivity index (χ2v) is 4.57. The smallest absolute Gasteiger partial charge is 0.251 e. The van der Waals surface area contributed by atoms with E-state index in [9.17, 15) is 4.79 Å². The van der Waals surface area contributed by atoms with Crippen LogP contribution in [-0.4, -0.2) is 20.3 Å². The van der Waals surface area contributed by atoms with Crippen molar-refractivity contribution in [3.8, 4) is 0 Å². The predicted octanol–water partition coefficient (Wildman–Crippen LogP) is 1.97. The molecule has 0 saturated heterocycles. The van der Waals surface area contributed by atoms with Gasteiger partial charge in [0, 0.05) is 24.2 Å². The minimum Gasteiger partial charge on any atom is -0.346 e. The maximum absolute atomic E-state index is 12.1. The summed E-state index contributed by atoms with van der Waals surface area (Å²) in [7, 11) is 0. The summed E-state index contributed by atoms with van der Waals surface area (Å²) >= 11 is 0. The number of amides is 1. The van der Waals surface area contributed by atoms with Crippen LogP contribution in [0.4, 0.5) is 0 Å². The van der Waals surface area contributed by atoms with Crippen molar-refractivity contribution >= 4 is 11.6 Å². The van der Waals surface area contributed by atoms with Crippen LogP contribution in [-0.2, 0) is 6.54 Å². The van der Waals surface area contributed by atoms with E-state index in [-0.39, 0.29) is 5.91 Å². The highest BCUT2D eigenvalue weighted by Gasteiger charge is 2.07. The SMILES string of the molecule is Cc1cn2ccc(C(=O)NCc3ccccn3)cc2n1. The van der Waals surface area contributed by atoms with Gasteiger partial charge in [-0.05, 0) is 31.2 Å². The molecule has 5 heteroatoms. The largest absolute Gasteiger partial charge is 0.346 e. The van der Waals surface area contributed by atoms with Crippen molar-refractivity contribution in [1.29, 1.82) is 0 Å². The molecule has 0 radical (unpaired) electrons. The lowest BCUT2D eigenvalue weighted by atomic mass is 10.2. The Labute approximate surface area is 116 Å². The van der Waals surface area contributed by atoms with Gasteiger partial charge in [-0.3, -0.25) is 9.78 Å². The quantitative estimate of drug-likeness (QED) is 0.788. The standard InChI is InChI=1S/C15H14N4O/c1-11-10-19-7-5-12(8-14(19)18-11)15(20)17-9-13-4-2-3-6-16-13/h2-8,10H,9H2,1H3,(H,17,20). The minimum atomic E-state index is -0.126. The van der Waals surface area contributed by atoms with Crippen LogP contribution in [0.3, 0.4) is 0 Å². The number of imidazole rings is 1. The Hall–Kier alpha value is -2.69. The summed E-state index contributed by atoms with van der Waals surface area (Å²) in [6.45, 7) is 2.34. The van der Waals surface area contributed by atoms with Crippen molar-refractivity contribution in [2.24, 2.45) is 0 Å². The highest BCUT2D eigenvalue weighted by atomic mass is 16.1. The number of hydrogen-bond acceptors (Lipinski definition) is 3. The molecule has 0 unspecified atom stereocenters. The van der Waals surface area contributed by atoms with Gasteiger partial charge in [-0.15, -0.1) is 0 Å². The molecular formula is C15H14N4O. The molecule has 0 aliphatic heterocycles. The first kappa shape index (κ1) is 12.3. The van der Waals surface area contributed by atoms with Crippen molar-refractivity contribution < 1.29 is 4.79 Å². The molecule has 0 aliphatic carbocycles. The number of aryl methyl sites for hydroxylation is 1. The Morgan fingerprint density at radius 2 is 2.25 bits per heavy atom. The van der Waals surface area contributed by atoms with Crippen molar-refractivity contribution in [2.45, 2.75) is 13.5 Å². The van der Waals surface area contributed by atoms with Gasteiger partial charge in [-0.1, -0.05) is 6.07 Å². The van der Waals surface area contributed by atoms with Crippen LogP contribution in [0.15, 0.2) is 48.9 Å². The van der Waals surface area contributed by atoms with Crippen LogP contribution in [0.1, 0.15) is 21.7 Å². The van der Waals surface area contributed by atoms with Crippen LogP contribution in [0.5, 0.6) is 0 Å². The third-order valence-electron chi connectivity index (χ3n) is 3.00. The number of aromatic nitrogens is 3. The summed E-state index contributed by atoms with van der Waals surface area (Å²) in [6.07, 6.45) is 5.47. The zero-order chi connectivity index (χ0) is 13.9. The summed E-state index contributed by atoms with van der Waals surface area (Å²) < 4.78 is 1.89. The minimum absolute atomic E-state index is 0.126. The molecule has 3 aromatic rings. The van der Waals surface area contributed by atoms with E-state index in [4.69, 9.17) is 0 Å². The topological polar surface area (TPSA) is 59.3 Å². The van der Waals surface area contributed by atoms with E-state index in [1.54, 1.807) is 18.3 Å². The average Bonchev–Trinajstić information content (AvgIpc) is 2.85. The van der Waals surface area contributed by atoms with Gasteiger partial charge >= 0.3 is 0 Å². The Kier molecular flexibility index (Phi) is 3.16. The number of nitrogens with one attached hydrogen (secondary N) is 1. The van der Waals surface area contributed by atoms with Gasteiger partial charge in [0.2, 0.25) is 0 Å². The summed E-state index contributed by atoms with van der Waals surface area (Å²) in [4.78, 5) is 20.6. The van der Waals surface area contributed by atoms with E-state index in [2.05, 4.69) is 15.3 Å². The Morgan fingerprint density at radius 3 is 3.05 bits per heavy atom. The number of rotatable bonds is 3. The van der Waals surface area contributed by atoms with Gasteiger partial charge in [-0.2, -0.15) is 0 Å². The molecule has 0 spiro atoms. The third kappa shape index (κ3) is 2.51. The van der Waals surface area contributed by atoms with Gasteiger partial charge in [0.1, 0.15) is 5.65 Å². The second kappa shape index (κ2) is 5.13. The lowest BCUT2D eigenvalue weighted by molar-refractivity contribution is 0.0950. The molecule has 1 N–H and O–H groups in total. The van der Waals surface area contributed by atoms with Crippen molar-refractivity contribution in [2.75, 3.05) is 0 Å². The molecule has 3 heterocycles. The summed E-state index contributed by atoms with van der Waals surface area (Å²) in [6, 6.07) is 9.18. The summed E-state index contributed by atoms with van der Waals surface area (Å²) in [5, 5.41) is 2.85. The van der Waals surface area contributed by atoms with Crippen molar-refractivity contribution in [3.63, 3.8) is 0 Å². The first-order chi connectivity index (χ1) is 9.72. The molecule has 1 amide bonds. The van der Waals surface area contributed by atoms with E-state index in [0.29, 0.717) is 12.1 Å². The fourth-order valence-electron chi connectivity index (χ4n) is 2.03. The number of carbonyl (C=O) groups is 1. The molecule has 0 saturated carbocycles. The first-order valence-electron chi connectivity index (χ1n) is 6.36. The number of pyridine rings is 2. The molecule has 0 aliphatic rings. The molecule has 0 atom stereocenters. The maximum atomic E-state index is 12.1. The highest BCUT2D eigenvalue weighted by Crippen LogP contribution is 2.08. The Bertz CT molecular complexity index is 749. The van der Waals surface area contributed by atoms with Gasteiger partial charge in [-0.25, -0.2) is 4.98 Å². The lowest BCUT2D eigenvalue weighted by Gasteiger charge is -2.05. The zero-order valence-corrected chi connectivity index (χ0v) is 11.1. The van der Waals surface area contributed by atoms with Gasteiger partial charge in [0.25, 0.3) is 5.91 Å². The average molecular weight is 266 g/mol. The molecule has 0 bridgehead atoms. The molecular weight excluding hydrogens is 252 g/mol. The first-order valence-corrected chi connectivity index (χ1v) is 6.36. The lowest BCUT2D eigenvalue weighted by Crippen LogP contribution is -2.23. The molecule has 0 fully saturated rings. The van der Waals surface area contributed by atoms with Crippen LogP contribution in [0, 0.1) is 6.92 Å². The van der Waals surface area contributed by atoms with Crippen molar-refractivity contribution in [1.82, 2.24) is 19.7 Å². The molecule has 20 heavy (non-hydrogen) atoms. The second-order valence-electron chi connectivity index (χ2n) is 4.57. The normalized spacial score (nSPS) is 10.7. The van der Waals surface area contributed by atoms with Crippen LogP contribution < -0.4 is 5.32 Å². The number of nitrogens with zero attached hydrogens (tertiary/aromatic N) is 3. The Balaban J connectivity index is 1.75. The van der Waals surface area contributed by atoms with E-state index in [1.807, 2.05) is 41.9 Å². The fourth-order valence-corrected chi connectivity index (χ4v) is 2.03. The maximum Gasteiger partial charge on any atom is 0.251 e. The molecule has 3 aromatic heterocycles. The number of hydrogen-bond donors (Lipinski definition) is 1. The van der Waals surface area contributed by atoms with Gasteiger partial charge in [0.15, 0.2) is 0 Å². The third-order valence-corrected chi connectivity index (χ3v) is 3.00. The molecule has 0 aromatic carbocycles. The fraction of sp³-hybridized carbons (Fsp3) is 0.133. The zero-order valence-electron chi connectivity index (χ0n) is 11.1. The number of carbonyl (C=O) groups excluding carboxylic acids is 1. The van der Waals surface area contributed by atoms with Crippen LogP contribution in [0.25, 0.3) is 5.65 Å². The summed E-state index contributed by atoms with van der Waals surface area (Å²) in [5.74, 6) is -0.126. The van der Waals surface area contributed by atoms with E-state index in [1.165, 1.54) is 0 Å². The van der Waals surface area contributed by atoms with E-state index in [0.717, 1.165) is 17.0 Å². The van der Waals surface area contributed by atoms with Crippen LogP contribution >= 0.6 is 0 Å². The summed E-state index contributed by atoms with van der Waals surface area (Å²) in [5.41, 5.74) is 3.13. The van der Waals surface area contributed by atoms with E-state index >= 15 is 0 Å². The van der Waals surface area contributed by atoms with Gasteiger partial charge in [0.05, 0.1) is 17.9 Å². The monoisotopic (exact) mass is 266 g/mol. The van der Waals surface area contributed by atoms with Crippen molar-refractivity contribution in [3.05, 3.63) is 65.9 Å². The molecule has 5 nitrogen and oxygen atoms in total. The highest BCUT2D eigenvalue weighted by molar-refractivity contribution is 5.94. The van der Waals surface area contributed by atoms with E-state index < -0.39 is 0 Å². The predicted molar refractivity (Wildman–Crippen MR) is 75.3 cm³/mol. The van der Waals surface area contributed by atoms with Gasteiger partial charge < -0.3 is 9.72 Å². The number of fused-ring (bicyclic) bond motifs is 1. The Morgan fingerprint density at radius 1 is 1.35 bits per heavy atom. The molecule has 3 rings (SSSR count). The molecule has 100 valence electrons.